The van der Waals surface area contributed by atoms with E-state index < -0.39 is 11.1 Å². The number of fused-ring (bicyclic) bond motifs is 1. The maximum absolute atomic E-state index is 13.9. The second-order valence-electron chi connectivity index (χ2n) is 13.2. The van der Waals surface area contributed by atoms with Crippen LogP contribution in [0, 0.1) is 18.7 Å². The fourth-order valence-corrected chi connectivity index (χ4v) is 5.92. The molecule has 1 N–H and O–H groups in total. The summed E-state index contributed by atoms with van der Waals surface area (Å²) in [5.74, 6) is -0.410. The highest BCUT2D eigenvalue weighted by Crippen LogP contribution is 2.40. The van der Waals surface area contributed by atoms with Crippen LogP contribution in [0.25, 0.3) is 22.4 Å². The molecule has 2 amide bonds. The summed E-state index contributed by atoms with van der Waals surface area (Å²) in [7, 11) is 0. The zero-order valence-electron chi connectivity index (χ0n) is 23.9. The lowest BCUT2D eigenvalue weighted by Crippen LogP contribution is -2.63. The van der Waals surface area contributed by atoms with E-state index in [9.17, 15) is 19.1 Å². The number of piperazine rings is 1. The van der Waals surface area contributed by atoms with Crippen LogP contribution in [0.15, 0.2) is 34.7 Å². The van der Waals surface area contributed by atoms with Crippen LogP contribution in [0.1, 0.15) is 76.1 Å². The largest absolute Gasteiger partial charge is 0.449 e. The van der Waals surface area contributed by atoms with E-state index in [1.807, 2.05) is 24.8 Å². The predicted molar refractivity (Wildman–Crippen MR) is 148 cm³/mol. The van der Waals surface area contributed by atoms with Crippen molar-refractivity contribution >= 4 is 22.9 Å². The van der Waals surface area contributed by atoms with Crippen molar-refractivity contribution in [2.75, 3.05) is 19.6 Å². The van der Waals surface area contributed by atoms with Crippen molar-refractivity contribution in [1.29, 1.82) is 0 Å². The van der Waals surface area contributed by atoms with Gasteiger partial charge in [0.1, 0.15) is 11.3 Å². The molecule has 1 saturated carbocycles. The Morgan fingerprint density at radius 2 is 1.79 bits per heavy atom. The van der Waals surface area contributed by atoms with Crippen LogP contribution in [-0.4, -0.2) is 62.5 Å². The van der Waals surface area contributed by atoms with Crippen molar-refractivity contribution in [3.8, 4) is 11.3 Å². The minimum Gasteiger partial charge on any atom is -0.449 e. The van der Waals surface area contributed by atoms with Gasteiger partial charge in [-0.2, -0.15) is 0 Å². The summed E-state index contributed by atoms with van der Waals surface area (Å²) in [6.07, 6.45) is 0.958. The molecule has 208 valence electrons. The van der Waals surface area contributed by atoms with Gasteiger partial charge in [0.2, 0.25) is 5.91 Å². The zero-order valence-corrected chi connectivity index (χ0v) is 23.9. The van der Waals surface area contributed by atoms with Gasteiger partial charge in [-0.05, 0) is 75.8 Å². The quantitative estimate of drug-likeness (QED) is 0.481. The van der Waals surface area contributed by atoms with Crippen molar-refractivity contribution in [2.24, 2.45) is 5.92 Å². The lowest BCUT2D eigenvalue weighted by atomic mass is 9.71. The molecule has 1 saturated heterocycles. The first-order chi connectivity index (χ1) is 18.1. The van der Waals surface area contributed by atoms with Gasteiger partial charge in [-0.3, -0.25) is 9.59 Å². The fraction of sp³-hybridized carbons (Fsp3) is 0.516. The lowest BCUT2D eigenvalue weighted by molar-refractivity contribution is -0.153. The third-order valence-corrected chi connectivity index (χ3v) is 8.13. The number of pyridine rings is 1. The number of hydrogen-bond donors (Lipinski definition) is 1. The van der Waals surface area contributed by atoms with E-state index in [0.29, 0.717) is 54.8 Å². The Hall–Kier alpha value is -3.26. The van der Waals surface area contributed by atoms with Crippen molar-refractivity contribution in [2.45, 2.75) is 77.9 Å². The second kappa shape index (κ2) is 9.15. The van der Waals surface area contributed by atoms with Gasteiger partial charge in [0, 0.05) is 42.7 Å². The molecule has 2 aromatic heterocycles. The van der Waals surface area contributed by atoms with Gasteiger partial charge in [0.25, 0.3) is 5.91 Å². The molecular formula is C31H38FN3O4. The number of aryl methyl sites for hydroxylation is 1. The minimum atomic E-state index is -0.760. The van der Waals surface area contributed by atoms with Gasteiger partial charge in [0.15, 0.2) is 11.3 Å². The van der Waals surface area contributed by atoms with Crippen molar-refractivity contribution in [3.63, 3.8) is 0 Å². The summed E-state index contributed by atoms with van der Waals surface area (Å²) >= 11 is 0. The fourth-order valence-electron chi connectivity index (χ4n) is 5.92. The molecule has 39 heavy (non-hydrogen) atoms. The number of carbonyl (C=O) groups excluding carboxylic acids is 2. The first-order valence-corrected chi connectivity index (χ1v) is 13.6. The molecule has 7 nitrogen and oxygen atoms in total. The van der Waals surface area contributed by atoms with E-state index in [-0.39, 0.29) is 34.7 Å². The van der Waals surface area contributed by atoms with E-state index in [4.69, 9.17) is 9.40 Å². The third-order valence-electron chi connectivity index (χ3n) is 8.13. The first kappa shape index (κ1) is 27.3. The third kappa shape index (κ3) is 5.07. The molecule has 0 radical (unpaired) electrons. The highest BCUT2D eigenvalue weighted by atomic mass is 19.1. The van der Waals surface area contributed by atoms with E-state index in [1.54, 1.807) is 36.9 Å². The van der Waals surface area contributed by atoms with E-state index in [2.05, 4.69) is 20.8 Å². The maximum Gasteiger partial charge on any atom is 0.290 e. The molecule has 0 atom stereocenters. The Morgan fingerprint density at radius 3 is 2.38 bits per heavy atom. The molecule has 0 bridgehead atoms. The minimum absolute atomic E-state index is 0.0491. The van der Waals surface area contributed by atoms with Gasteiger partial charge in [-0.1, -0.05) is 20.8 Å². The van der Waals surface area contributed by atoms with Crippen molar-refractivity contribution in [3.05, 3.63) is 53.0 Å². The van der Waals surface area contributed by atoms with E-state index in [1.165, 1.54) is 6.07 Å². The molecule has 3 aromatic rings. The normalized spacial score (nSPS) is 23.2. The summed E-state index contributed by atoms with van der Waals surface area (Å²) in [4.78, 5) is 35.2. The highest BCUT2D eigenvalue weighted by molar-refractivity contribution is 5.97. The number of amides is 2. The average Bonchev–Trinajstić information content (AvgIpc) is 3.25. The zero-order chi connectivity index (χ0) is 28.5. The maximum atomic E-state index is 13.9. The number of furan rings is 1. The van der Waals surface area contributed by atoms with Gasteiger partial charge in [-0.25, -0.2) is 9.37 Å². The molecule has 1 aliphatic carbocycles. The topological polar surface area (TPSA) is 86.9 Å². The Labute approximate surface area is 229 Å². The molecule has 8 heteroatoms. The summed E-state index contributed by atoms with van der Waals surface area (Å²) in [6.45, 7) is 14.9. The van der Waals surface area contributed by atoms with Gasteiger partial charge < -0.3 is 19.3 Å². The van der Waals surface area contributed by atoms with Gasteiger partial charge >= 0.3 is 0 Å². The molecule has 1 aliphatic heterocycles. The molecule has 2 aliphatic rings. The van der Waals surface area contributed by atoms with Crippen molar-refractivity contribution < 1.29 is 23.5 Å². The second-order valence-corrected chi connectivity index (χ2v) is 13.2. The molecule has 0 unspecified atom stereocenters. The number of nitrogens with zero attached hydrogens (tertiary/aromatic N) is 3. The lowest BCUT2D eigenvalue weighted by Gasteiger charge is -2.49. The van der Waals surface area contributed by atoms with Gasteiger partial charge in [-0.15, -0.1) is 0 Å². The number of benzene rings is 1. The number of halogens is 1. The van der Waals surface area contributed by atoms with Crippen LogP contribution in [0.5, 0.6) is 0 Å². The SMILES string of the molecule is Cc1cc(-c2cc(C(C)(C)C)c3oc(C(=O)N4CCN(C(=O)[C@H]5C[C@@](C)(O)C5)CC4(C)C)cc3n2)ccc1F. The smallest absolute Gasteiger partial charge is 0.290 e. The number of aliphatic hydroxyl groups is 1. The predicted octanol–water partition coefficient (Wildman–Crippen LogP) is 5.46. The molecular weight excluding hydrogens is 497 g/mol. The molecule has 0 spiro atoms. The van der Waals surface area contributed by atoms with Crippen LogP contribution in [0.4, 0.5) is 4.39 Å². The average molecular weight is 536 g/mol. The number of rotatable bonds is 3. The molecule has 3 heterocycles. The number of carbonyl (C=O) groups is 2. The van der Waals surface area contributed by atoms with E-state index >= 15 is 0 Å². The van der Waals surface area contributed by atoms with Crippen LogP contribution in [0.2, 0.25) is 0 Å². The Morgan fingerprint density at radius 1 is 1.10 bits per heavy atom. The highest BCUT2D eigenvalue weighted by Gasteiger charge is 2.47. The molecule has 5 rings (SSSR count). The first-order valence-electron chi connectivity index (χ1n) is 13.6. The standard InChI is InChI=1S/C31H38FN3O4/c1-18-12-19(8-9-22(18)32)23-13-21(29(2,3)4)26-24(33-23)14-25(39-26)28(37)35-11-10-34(17-30(35,5)6)27(36)20-15-31(7,38)16-20/h8-9,12-14,20,38H,10-11,15-17H2,1-7H3/t20-,31+. The summed E-state index contributed by atoms with van der Waals surface area (Å²) in [5.41, 5.74) is 2.43. The Balaban J connectivity index is 1.44. The van der Waals surface area contributed by atoms with Gasteiger partial charge in [0.05, 0.1) is 16.8 Å². The number of hydrogen-bond acceptors (Lipinski definition) is 5. The van der Waals surface area contributed by atoms with Crippen LogP contribution in [0.3, 0.4) is 0 Å². The van der Waals surface area contributed by atoms with Crippen LogP contribution in [-0.2, 0) is 10.2 Å². The summed E-state index contributed by atoms with van der Waals surface area (Å²) in [5, 5.41) is 10.1. The number of aromatic nitrogens is 1. The Kier molecular flexibility index (Phi) is 6.41. The molecule has 1 aromatic carbocycles. The summed E-state index contributed by atoms with van der Waals surface area (Å²) < 4.78 is 20.1. The van der Waals surface area contributed by atoms with E-state index in [0.717, 1.165) is 11.1 Å². The van der Waals surface area contributed by atoms with Crippen LogP contribution < -0.4 is 0 Å². The monoisotopic (exact) mass is 535 g/mol. The van der Waals surface area contributed by atoms with Crippen molar-refractivity contribution in [1.82, 2.24) is 14.8 Å². The summed E-state index contributed by atoms with van der Waals surface area (Å²) in [6, 6.07) is 8.58. The van der Waals surface area contributed by atoms with Crippen LogP contribution >= 0.6 is 0 Å². The Bertz CT molecular complexity index is 1460. The molecule has 2 fully saturated rings.